The fraction of sp³-hybridized carbons (Fsp3) is 0.0769. The largest absolute Gasteiger partial charge is 0.207 e. The minimum Gasteiger partial charge on any atom is -0.207 e. The van der Waals surface area contributed by atoms with Crippen LogP contribution in [0.25, 0.3) is 0 Å². The molecule has 0 aromatic heterocycles. The summed E-state index contributed by atoms with van der Waals surface area (Å²) in [6, 6.07) is 11.2. The molecule has 0 unspecified atom stereocenters. The Kier molecular flexibility index (Phi) is 3.36. The van der Waals surface area contributed by atoms with Gasteiger partial charge in [0, 0.05) is 0 Å². The van der Waals surface area contributed by atoms with E-state index in [-0.39, 0.29) is 0 Å². The Morgan fingerprint density at radius 2 is 1.18 bits per heavy atom. The van der Waals surface area contributed by atoms with Crippen molar-refractivity contribution >= 4 is 23.2 Å². The molecule has 0 fully saturated rings. The summed E-state index contributed by atoms with van der Waals surface area (Å²) in [6.45, 7) is 0. The fourth-order valence-electron chi connectivity index (χ4n) is 1.53. The molecule has 17 heavy (non-hydrogen) atoms. The summed E-state index contributed by atoms with van der Waals surface area (Å²) < 4.78 is 24.7. The number of hydrogen-bond donors (Lipinski definition) is 0. The van der Waals surface area contributed by atoms with Crippen molar-refractivity contribution in [3.05, 3.63) is 71.3 Å². The summed E-state index contributed by atoms with van der Waals surface area (Å²) in [5.74, 6) is -0.880. The highest BCUT2D eigenvalue weighted by atomic mass is 35.5. The van der Waals surface area contributed by atoms with E-state index >= 15 is 0 Å². The summed E-state index contributed by atoms with van der Waals surface area (Å²) >= 11 is 12.3. The third-order valence-corrected chi connectivity index (χ3v) is 3.25. The number of hydrogen-bond acceptors (Lipinski definition) is 0. The zero-order valence-corrected chi connectivity index (χ0v) is 10.1. The molecule has 0 N–H and O–H groups in total. The van der Waals surface area contributed by atoms with E-state index in [1.807, 2.05) is 0 Å². The quantitative estimate of drug-likeness (QED) is 0.699. The van der Waals surface area contributed by atoms with Crippen LogP contribution < -0.4 is 0 Å². The normalized spacial score (nSPS) is 11.5. The standard InChI is InChI=1S/C13H8Cl2F2/c14-13(15,9-3-1-5-11(16)7-9)10-4-2-6-12(17)8-10/h1-8H. The zero-order valence-electron chi connectivity index (χ0n) is 8.63. The van der Waals surface area contributed by atoms with Crippen LogP contribution in [0.3, 0.4) is 0 Å². The second kappa shape index (κ2) is 4.63. The van der Waals surface area contributed by atoms with Crippen molar-refractivity contribution in [3.63, 3.8) is 0 Å². The number of alkyl halides is 2. The SMILES string of the molecule is Fc1cccc(C(Cl)(Cl)c2cccc(F)c2)c1. The monoisotopic (exact) mass is 272 g/mol. The first kappa shape index (κ1) is 12.3. The summed E-state index contributed by atoms with van der Waals surface area (Å²) in [7, 11) is 0. The average molecular weight is 273 g/mol. The van der Waals surface area contributed by atoms with Crippen LogP contribution in [-0.2, 0) is 4.33 Å². The molecular formula is C13H8Cl2F2. The second-order valence-electron chi connectivity index (χ2n) is 3.60. The van der Waals surface area contributed by atoms with E-state index in [0.29, 0.717) is 11.1 Å². The highest BCUT2D eigenvalue weighted by Gasteiger charge is 2.29. The Balaban J connectivity index is 2.49. The Hall–Kier alpha value is -1.12. The van der Waals surface area contributed by atoms with Gasteiger partial charge < -0.3 is 0 Å². The first-order valence-electron chi connectivity index (χ1n) is 4.90. The van der Waals surface area contributed by atoms with Crippen LogP contribution >= 0.6 is 23.2 Å². The van der Waals surface area contributed by atoms with Gasteiger partial charge >= 0.3 is 0 Å². The molecule has 0 atom stereocenters. The fourth-order valence-corrected chi connectivity index (χ4v) is 2.00. The van der Waals surface area contributed by atoms with Crippen LogP contribution in [0, 0.1) is 11.6 Å². The van der Waals surface area contributed by atoms with Crippen molar-refractivity contribution in [2.45, 2.75) is 4.33 Å². The molecule has 0 saturated carbocycles. The minimum atomic E-state index is -1.47. The lowest BCUT2D eigenvalue weighted by molar-refractivity contribution is 0.622. The molecule has 4 heteroatoms. The van der Waals surface area contributed by atoms with Crippen molar-refractivity contribution < 1.29 is 8.78 Å². The molecule has 2 aromatic rings. The second-order valence-corrected chi connectivity index (χ2v) is 4.92. The number of halogens is 4. The lowest BCUT2D eigenvalue weighted by atomic mass is 10.0. The highest BCUT2D eigenvalue weighted by Crippen LogP contribution is 2.40. The van der Waals surface area contributed by atoms with Crippen LogP contribution in [0.4, 0.5) is 8.78 Å². The van der Waals surface area contributed by atoms with Gasteiger partial charge in [-0.15, -0.1) is 0 Å². The third-order valence-electron chi connectivity index (χ3n) is 2.37. The van der Waals surface area contributed by atoms with E-state index in [9.17, 15) is 8.78 Å². The van der Waals surface area contributed by atoms with Crippen molar-refractivity contribution in [1.29, 1.82) is 0 Å². The minimum absolute atomic E-state index is 0.367. The van der Waals surface area contributed by atoms with Gasteiger partial charge in [-0.3, -0.25) is 0 Å². The summed E-state index contributed by atoms with van der Waals surface area (Å²) in [4.78, 5) is 0. The molecule has 0 aliphatic heterocycles. The molecule has 0 saturated heterocycles. The molecule has 0 radical (unpaired) electrons. The number of rotatable bonds is 2. The average Bonchev–Trinajstić information content (AvgIpc) is 2.29. The third kappa shape index (κ3) is 2.59. The first-order chi connectivity index (χ1) is 8.00. The molecule has 0 spiro atoms. The molecule has 2 rings (SSSR count). The predicted molar refractivity (Wildman–Crippen MR) is 65.3 cm³/mol. The van der Waals surface area contributed by atoms with E-state index in [0.717, 1.165) is 0 Å². The molecular weight excluding hydrogens is 265 g/mol. The zero-order chi connectivity index (χ0) is 12.5. The van der Waals surface area contributed by atoms with Crippen LogP contribution in [0.15, 0.2) is 48.5 Å². The molecule has 0 nitrogen and oxygen atoms in total. The van der Waals surface area contributed by atoms with E-state index in [1.165, 1.54) is 36.4 Å². The van der Waals surface area contributed by atoms with Crippen molar-refractivity contribution in [2.75, 3.05) is 0 Å². The van der Waals surface area contributed by atoms with Crippen molar-refractivity contribution in [3.8, 4) is 0 Å². The topological polar surface area (TPSA) is 0 Å². The molecule has 2 aromatic carbocycles. The lowest BCUT2D eigenvalue weighted by Gasteiger charge is -2.20. The molecule has 0 bridgehead atoms. The maximum Gasteiger partial charge on any atom is 0.168 e. The first-order valence-corrected chi connectivity index (χ1v) is 5.65. The summed E-state index contributed by atoms with van der Waals surface area (Å²) in [5.41, 5.74) is 0.734. The number of benzene rings is 2. The van der Waals surface area contributed by atoms with Crippen LogP contribution in [-0.4, -0.2) is 0 Å². The van der Waals surface area contributed by atoms with Gasteiger partial charge in [-0.1, -0.05) is 47.5 Å². The van der Waals surface area contributed by atoms with Crippen molar-refractivity contribution in [2.24, 2.45) is 0 Å². The lowest BCUT2D eigenvalue weighted by Crippen LogP contribution is -2.12. The molecule has 0 amide bonds. The molecule has 0 heterocycles. The van der Waals surface area contributed by atoms with Gasteiger partial charge in [-0.25, -0.2) is 8.78 Å². The Labute approximate surface area is 108 Å². The van der Waals surface area contributed by atoms with E-state index in [4.69, 9.17) is 23.2 Å². The highest BCUT2D eigenvalue weighted by molar-refractivity contribution is 6.50. The van der Waals surface area contributed by atoms with Gasteiger partial charge in [0.1, 0.15) is 11.6 Å². The van der Waals surface area contributed by atoms with Gasteiger partial charge in [0.25, 0.3) is 0 Å². The smallest absolute Gasteiger partial charge is 0.168 e. The molecule has 0 aliphatic rings. The van der Waals surface area contributed by atoms with Gasteiger partial charge in [0.05, 0.1) is 0 Å². The maximum absolute atomic E-state index is 13.1. The van der Waals surface area contributed by atoms with E-state index in [2.05, 4.69) is 0 Å². The predicted octanol–water partition coefficient (Wildman–Crippen LogP) is 4.64. The van der Waals surface area contributed by atoms with Crippen LogP contribution in [0.5, 0.6) is 0 Å². The van der Waals surface area contributed by atoms with Gasteiger partial charge in [-0.2, -0.15) is 0 Å². The summed E-state index contributed by atoms with van der Waals surface area (Å²) in [5, 5.41) is 0. The van der Waals surface area contributed by atoms with E-state index in [1.54, 1.807) is 12.1 Å². The van der Waals surface area contributed by atoms with E-state index < -0.39 is 16.0 Å². The Morgan fingerprint density at radius 1 is 0.765 bits per heavy atom. The summed E-state index contributed by atoms with van der Waals surface area (Å²) in [6.07, 6.45) is 0. The maximum atomic E-state index is 13.1. The Bertz CT molecular complexity index is 491. The molecule has 88 valence electrons. The van der Waals surface area contributed by atoms with Crippen molar-refractivity contribution in [1.82, 2.24) is 0 Å². The van der Waals surface area contributed by atoms with Gasteiger partial charge in [0.15, 0.2) is 4.33 Å². The molecule has 0 aliphatic carbocycles. The Morgan fingerprint density at radius 3 is 1.53 bits per heavy atom. The van der Waals surface area contributed by atoms with Crippen LogP contribution in [0.1, 0.15) is 11.1 Å². The van der Waals surface area contributed by atoms with Crippen LogP contribution in [0.2, 0.25) is 0 Å². The van der Waals surface area contributed by atoms with Gasteiger partial charge in [-0.05, 0) is 35.4 Å². The van der Waals surface area contributed by atoms with Gasteiger partial charge in [0.2, 0.25) is 0 Å².